The Bertz CT molecular complexity index is 502. The zero-order valence-corrected chi connectivity index (χ0v) is 9.85. The Morgan fingerprint density at radius 1 is 1.37 bits per heavy atom. The molecule has 1 aromatic carbocycles. The minimum Gasteiger partial charge on any atom is -0.352 e. The zero-order valence-electron chi connectivity index (χ0n) is 9.85. The maximum atomic E-state index is 13.3. The zero-order chi connectivity index (χ0) is 14.5. The highest BCUT2D eigenvalue weighted by atomic mass is 19.4. The molecule has 1 N–H and O–H groups in total. The van der Waals surface area contributed by atoms with Gasteiger partial charge in [0.1, 0.15) is 5.82 Å². The molecule has 0 atom stereocenters. The highest BCUT2D eigenvalue weighted by Gasteiger charge is 2.31. The molecule has 0 unspecified atom stereocenters. The van der Waals surface area contributed by atoms with Crippen molar-refractivity contribution < 1.29 is 22.4 Å². The molecule has 102 valence electrons. The summed E-state index contributed by atoms with van der Waals surface area (Å²) in [5.41, 5.74) is -1.70. The summed E-state index contributed by atoms with van der Waals surface area (Å²) >= 11 is 0. The average molecular weight is 273 g/mol. The molecule has 0 saturated heterocycles. The Morgan fingerprint density at radius 2 is 2.05 bits per heavy atom. The molecule has 1 amide bonds. The van der Waals surface area contributed by atoms with Crippen molar-refractivity contribution >= 4 is 5.91 Å². The molecule has 6 heteroatoms. The molecule has 0 fully saturated rings. The van der Waals surface area contributed by atoms with Crippen molar-refractivity contribution in [2.45, 2.75) is 19.0 Å². The summed E-state index contributed by atoms with van der Waals surface area (Å²) in [5.74, 6) is 0.461. The van der Waals surface area contributed by atoms with Gasteiger partial charge in [-0.2, -0.15) is 13.2 Å². The lowest BCUT2D eigenvalue weighted by Gasteiger charge is -2.10. The van der Waals surface area contributed by atoms with Crippen LogP contribution >= 0.6 is 0 Å². The molecule has 0 aromatic heterocycles. The van der Waals surface area contributed by atoms with E-state index in [1.54, 1.807) is 0 Å². The van der Waals surface area contributed by atoms with Crippen LogP contribution in [0.3, 0.4) is 0 Å². The van der Waals surface area contributed by atoms with E-state index >= 15 is 0 Å². The number of carbonyl (C=O) groups is 1. The maximum Gasteiger partial charge on any atom is 0.416 e. The third-order valence-electron chi connectivity index (χ3n) is 2.32. The first-order valence-electron chi connectivity index (χ1n) is 5.44. The van der Waals surface area contributed by atoms with Crippen LogP contribution in [0.1, 0.15) is 28.8 Å². The third kappa shape index (κ3) is 4.28. The lowest BCUT2D eigenvalue weighted by atomic mass is 10.1. The van der Waals surface area contributed by atoms with Crippen molar-refractivity contribution in [1.82, 2.24) is 5.32 Å². The number of benzene rings is 1. The normalized spacial score (nSPS) is 10.9. The van der Waals surface area contributed by atoms with Gasteiger partial charge in [0.2, 0.25) is 0 Å². The highest BCUT2D eigenvalue weighted by molar-refractivity contribution is 5.94. The highest BCUT2D eigenvalue weighted by Crippen LogP contribution is 2.30. The van der Waals surface area contributed by atoms with Gasteiger partial charge in [0.25, 0.3) is 5.91 Å². The van der Waals surface area contributed by atoms with E-state index in [4.69, 9.17) is 6.42 Å². The Labute approximate surface area is 107 Å². The number of rotatable bonds is 4. The predicted molar refractivity (Wildman–Crippen MR) is 61.8 cm³/mol. The van der Waals surface area contributed by atoms with Gasteiger partial charge < -0.3 is 5.32 Å². The van der Waals surface area contributed by atoms with E-state index in [2.05, 4.69) is 11.2 Å². The maximum absolute atomic E-state index is 13.3. The van der Waals surface area contributed by atoms with E-state index in [9.17, 15) is 22.4 Å². The number of amides is 1. The monoisotopic (exact) mass is 273 g/mol. The van der Waals surface area contributed by atoms with E-state index in [0.29, 0.717) is 31.0 Å². The van der Waals surface area contributed by atoms with Gasteiger partial charge in [0.05, 0.1) is 11.1 Å². The molecule has 0 aliphatic heterocycles. The SMILES string of the molecule is C#CCCCNC(=O)c1cc(C(F)(F)F)ccc1F. The standard InChI is InChI=1S/C13H11F4NO/c1-2-3-4-7-18-12(19)10-8-9(13(15,16)17)5-6-11(10)14/h1,5-6,8H,3-4,7H2,(H,18,19). The van der Waals surface area contributed by atoms with Gasteiger partial charge in [-0.15, -0.1) is 12.3 Å². The third-order valence-corrected chi connectivity index (χ3v) is 2.32. The second-order valence-corrected chi connectivity index (χ2v) is 3.76. The van der Waals surface area contributed by atoms with E-state index in [0.717, 1.165) is 0 Å². The molecule has 0 aliphatic carbocycles. The number of hydrogen-bond acceptors (Lipinski definition) is 1. The van der Waals surface area contributed by atoms with E-state index in [-0.39, 0.29) is 6.54 Å². The Morgan fingerprint density at radius 3 is 2.63 bits per heavy atom. The second-order valence-electron chi connectivity index (χ2n) is 3.76. The van der Waals surface area contributed by atoms with Crippen molar-refractivity contribution in [2.24, 2.45) is 0 Å². The van der Waals surface area contributed by atoms with Gasteiger partial charge in [0.15, 0.2) is 0 Å². The summed E-state index contributed by atoms with van der Waals surface area (Å²) in [5, 5.41) is 2.31. The first-order chi connectivity index (χ1) is 8.86. The van der Waals surface area contributed by atoms with Gasteiger partial charge in [0, 0.05) is 13.0 Å². The van der Waals surface area contributed by atoms with Gasteiger partial charge in [-0.3, -0.25) is 4.79 Å². The second kappa shape index (κ2) is 6.23. The van der Waals surface area contributed by atoms with Crippen molar-refractivity contribution in [2.75, 3.05) is 6.54 Å². The first kappa shape index (κ1) is 15.0. The average Bonchev–Trinajstić information content (AvgIpc) is 2.33. The summed E-state index contributed by atoms with van der Waals surface area (Å²) < 4.78 is 50.6. The van der Waals surface area contributed by atoms with Crippen LogP contribution in [0.5, 0.6) is 0 Å². The lowest BCUT2D eigenvalue weighted by molar-refractivity contribution is -0.137. The Kier molecular flexibility index (Phi) is 4.93. The number of terminal acetylenes is 1. The van der Waals surface area contributed by atoms with E-state index in [1.807, 2.05) is 0 Å². The number of hydrogen-bond donors (Lipinski definition) is 1. The van der Waals surface area contributed by atoms with Crippen molar-refractivity contribution in [3.05, 3.63) is 35.1 Å². The summed E-state index contributed by atoms with van der Waals surface area (Å²) in [6.07, 6.45) is 1.28. The number of halogens is 4. The molecule has 0 spiro atoms. The van der Waals surface area contributed by atoms with Gasteiger partial charge >= 0.3 is 6.18 Å². The van der Waals surface area contributed by atoms with Crippen LogP contribution in [0.2, 0.25) is 0 Å². The molecule has 2 nitrogen and oxygen atoms in total. The fourth-order valence-electron chi connectivity index (χ4n) is 1.36. The molecule has 19 heavy (non-hydrogen) atoms. The first-order valence-corrected chi connectivity index (χ1v) is 5.44. The van der Waals surface area contributed by atoms with Crippen LogP contribution in [0.15, 0.2) is 18.2 Å². The molecule has 0 radical (unpaired) electrons. The van der Waals surface area contributed by atoms with Gasteiger partial charge in [-0.05, 0) is 24.6 Å². The Balaban J connectivity index is 2.82. The van der Waals surface area contributed by atoms with Crippen LogP contribution in [0.25, 0.3) is 0 Å². The number of nitrogens with one attached hydrogen (secondary N) is 1. The summed E-state index contributed by atoms with van der Waals surface area (Å²) in [6.45, 7) is 0.179. The number of unbranched alkanes of at least 4 members (excludes halogenated alkanes) is 1. The summed E-state index contributed by atoms with van der Waals surface area (Å²) in [7, 11) is 0. The van der Waals surface area contributed by atoms with Crippen LogP contribution < -0.4 is 5.32 Å². The minimum atomic E-state index is -4.62. The molecular weight excluding hydrogens is 262 g/mol. The Hall–Kier alpha value is -2.03. The largest absolute Gasteiger partial charge is 0.416 e. The van der Waals surface area contributed by atoms with Crippen molar-refractivity contribution in [1.29, 1.82) is 0 Å². The van der Waals surface area contributed by atoms with Crippen molar-refractivity contribution in [3.63, 3.8) is 0 Å². The molecule has 1 rings (SSSR count). The van der Waals surface area contributed by atoms with Crippen LogP contribution in [-0.2, 0) is 6.18 Å². The molecule has 0 heterocycles. The van der Waals surface area contributed by atoms with E-state index < -0.39 is 29.0 Å². The molecule has 1 aromatic rings. The van der Waals surface area contributed by atoms with E-state index in [1.165, 1.54) is 0 Å². The van der Waals surface area contributed by atoms with Crippen LogP contribution in [-0.4, -0.2) is 12.5 Å². The van der Waals surface area contributed by atoms with Crippen LogP contribution in [0, 0.1) is 18.2 Å². The smallest absolute Gasteiger partial charge is 0.352 e. The fraction of sp³-hybridized carbons (Fsp3) is 0.308. The van der Waals surface area contributed by atoms with Crippen LogP contribution in [0.4, 0.5) is 17.6 Å². The van der Waals surface area contributed by atoms with Crippen molar-refractivity contribution in [3.8, 4) is 12.3 Å². The molecule has 0 bridgehead atoms. The van der Waals surface area contributed by atoms with Gasteiger partial charge in [-0.25, -0.2) is 4.39 Å². The summed E-state index contributed by atoms with van der Waals surface area (Å²) in [6, 6.07) is 1.70. The minimum absolute atomic E-state index is 0.179. The molecule has 0 aliphatic rings. The molecular formula is C13H11F4NO. The predicted octanol–water partition coefficient (Wildman–Crippen LogP) is 2.99. The molecule has 0 saturated carbocycles. The number of carbonyl (C=O) groups excluding carboxylic acids is 1. The lowest BCUT2D eigenvalue weighted by Crippen LogP contribution is -2.25. The topological polar surface area (TPSA) is 29.1 Å². The van der Waals surface area contributed by atoms with Gasteiger partial charge in [-0.1, -0.05) is 0 Å². The summed E-state index contributed by atoms with van der Waals surface area (Å²) in [4.78, 5) is 11.5. The quantitative estimate of drug-likeness (QED) is 0.510. The fourth-order valence-corrected chi connectivity index (χ4v) is 1.36. The number of alkyl halides is 3.